The van der Waals surface area contributed by atoms with Crippen molar-refractivity contribution in [2.45, 2.75) is 45.1 Å². The molecule has 2 aliphatic heterocycles. The summed E-state index contributed by atoms with van der Waals surface area (Å²) in [5.74, 6) is -2.47. The highest BCUT2D eigenvalue weighted by Gasteiger charge is 2.45. The van der Waals surface area contributed by atoms with E-state index in [0.717, 1.165) is 17.7 Å². The molecule has 0 spiro atoms. The number of benzene rings is 1. The maximum atomic E-state index is 12.9. The Bertz CT molecular complexity index is 833. The summed E-state index contributed by atoms with van der Waals surface area (Å²) in [6.45, 7) is 2.57. The molecule has 1 unspecified atom stereocenters. The fourth-order valence-corrected chi connectivity index (χ4v) is 3.37. The summed E-state index contributed by atoms with van der Waals surface area (Å²) in [6.07, 6.45) is 1.96. The van der Waals surface area contributed by atoms with Gasteiger partial charge in [-0.3, -0.25) is 34.2 Å². The molecule has 0 aromatic heterocycles. The summed E-state index contributed by atoms with van der Waals surface area (Å²) in [7, 11) is 0. The lowest BCUT2D eigenvalue weighted by atomic mass is 10.00. The second kappa shape index (κ2) is 7.69. The number of piperidine rings is 1. The Morgan fingerprint density at radius 2 is 2.00 bits per heavy atom. The molecule has 1 fully saturated rings. The van der Waals surface area contributed by atoms with E-state index in [4.69, 9.17) is 0 Å². The number of imide groups is 2. The minimum absolute atomic E-state index is 0.0188. The van der Waals surface area contributed by atoms with Gasteiger partial charge in [0.2, 0.25) is 17.7 Å². The molecule has 2 heterocycles. The zero-order chi connectivity index (χ0) is 19.6. The van der Waals surface area contributed by atoms with Crippen molar-refractivity contribution in [1.29, 1.82) is 0 Å². The van der Waals surface area contributed by atoms with Gasteiger partial charge in [0.25, 0.3) is 11.8 Å². The first kappa shape index (κ1) is 18.8. The third-order valence-corrected chi connectivity index (χ3v) is 4.76. The third-order valence-electron chi connectivity index (χ3n) is 4.76. The molecule has 0 bridgehead atoms. The van der Waals surface area contributed by atoms with E-state index < -0.39 is 29.7 Å². The molecule has 2 aliphatic rings. The fraction of sp³-hybridized carbons (Fsp3) is 0.421. The van der Waals surface area contributed by atoms with Gasteiger partial charge in [-0.15, -0.1) is 0 Å². The number of nitrogens with one attached hydrogen (secondary N) is 2. The predicted octanol–water partition coefficient (Wildman–Crippen LogP) is 0.547. The van der Waals surface area contributed by atoms with Crippen LogP contribution in [0.2, 0.25) is 0 Å². The van der Waals surface area contributed by atoms with Crippen molar-refractivity contribution in [2.24, 2.45) is 0 Å². The highest BCUT2D eigenvalue weighted by molar-refractivity contribution is 6.24. The Morgan fingerprint density at radius 1 is 1.22 bits per heavy atom. The molecule has 0 aliphatic carbocycles. The lowest BCUT2D eigenvalue weighted by Crippen LogP contribution is -2.54. The molecule has 142 valence electrons. The first-order valence-corrected chi connectivity index (χ1v) is 9.04. The van der Waals surface area contributed by atoms with Crippen molar-refractivity contribution in [3.63, 3.8) is 0 Å². The molecule has 27 heavy (non-hydrogen) atoms. The van der Waals surface area contributed by atoms with Crippen LogP contribution in [0.5, 0.6) is 0 Å². The van der Waals surface area contributed by atoms with Crippen LogP contribution in [-0.4, -0.2) is 47.0 Å². The van der Waals surface area contributed by atoms with E-state index >= 15 is 0 Å². The van der Waals surface area contributed by atoms with Gasteiger partial charge in [0.15, 0.2) is 0 Å². The summed E-state index contributed by atoms with van der Waals surface area (Å²) in [6, 6.07) is 3.76. The van der Waals surface area contributed by atoms with Crippen molar-refractivity contribution in [1.82, 2.24) is 15.5 Å². The topological polar surface area (TPSA) is 113 Å². The number of carbonyl (C=O) groups is 5. The number of unbranched alkanes of at least 4 members (excludes halogenated alkanes) is 1. The van der Waals surface area contributed by atoms with Gasteiger partial charge >= 0.3 is 0 Å². The average Bonchev–Trinajstić information content (AvgIpc) is 2.88. The lowest BCUT2D eigenvalue weighted by Gasteiger charge is -2.27. The second-order valence-corrected chi connectivity index (χ2v) is 6.67. The number of hydrogen-bond acceptors (Lipinski definition) is 5. The van der Waals surface area contributed by atoms with Crippen LogP contribution in [0.4, 0.5) is 0 Å². The minimum Gasteiger partial charge on any atom is -0.356 e. The molecule has 0 radical (unpaired) electrons. The van der Waals surface area contributed by atoms with Crippen molar-refractivity contribution in [3.8, 4) is 0 Å². The maximum Gasteiger partial charge on any atom is 0.262 e. The molecule has 0 saturated carbocycles. The van der Waals surface area contributed by atoms with Gasteiger partial charge in [-0.2, -0.15) is 0 Å². The molecule has 8 nitrogen and oxygen atoms in total. The van der Waals surface area contributed by atoms with E-state index in [-0.39, 0.29) is 36.3 Å². The zero-order valence-corrected chi connectivity index (χ0v) is 15.0. The van der Waals surface area contributed by atoms with E-state index in [2.05, 4.69) is 10.6 Å². The number of carbonyl (C=O) groups excluding carboxylic acids is 5. The summed E-state index contributed by atoms with van der Waals surface area (Å²) in [5, 5.41) is 4.95. The average molecular weight is 371 g/mol. The monoisotopic (exact) mass is 371 g/mol. The minimum atomic E-state index is -1.01. The zero-order valence-electron chi connectivity index (χ0n) is 15.0. The summed E-state index contributed by atoms with van der Waals surface area (Å²) in [5.41, 5.74) is 0.802. The van der Waals surface area contributed by atoms with Crippen LogP contribution in [0.25, 0.3) is 0 Å². The van der Waals surface area contributed by atoms with Gasteiger partial charge in [-0.05, 0) is 24.5 Å². The van der Waals surface area contributed by atoms with Crippen molar-refractivity contribution in [3.05, 3.63) is 34.9 Å². The highest BCUT2D eigenvalue weighted by atomic mass is 16.2. The first-order valence-electron chi connectivity index (χ1n) is 9.04. The molecular weight excluding hydrogens is 350 g/mol. The van der Waals surface area contributed by atoms with Gasteiger partial charge in [0.05, 0.1) is 17.5 Å². The predicted molar refractivity (Wildman–Crippen MR) is 94.7 cm³/mol. The van der Waals surface area contributed by atoms with E-state index in [0.29, 0.717) is 12.1 Å². The molecule has 3 rings (SSSR count). The van der Waals surface area contributed by atoms with Crippen LogP contribution >= 0.6 is 0 Å². The summed E-state index contributed by atoms with van der Waals surface area (Å²) < 4.78 is 0. The Morgan fingerprint density at radius 3 is 2.70 bits per heavy atom. The SMILES string of the molecule is CCCCNC(=O)Cc1cccc2c1C(=O)N(C1CCC(=O)NC1=O)C2=O. The van der Waals surface area contributed by atoms with Gasteiger partial charge in [0.1, 0.15) is 6.04 Å². The molecule has 1 aromatic rings. The van der Waals surface area contributed by atoms with Crippen LogP contribution in [0.15, 0.2) is 18.2 Å². The maximum absolute atomic E-state index is 12.9. The van der Waals surface area contributed by atoms with Crippen LogP contribution in [0.1, 0.15) is 58.9 Å². The molecule has 1 aromatic carbocycles. The molecular formula is C19H21N3O5. The van der Waals surface area contributed by atoms with Crippen LogP contribution in [-0.2, 0) is 20.8 Å². The van der Waals surface area contributed by atoms with E-state index in [9.17, 15) is 24.0 Å². The van der Waals surface area contributed by atoms with Crippen molar-refractivity contribution >= 4 is 29.5 Å². The fourth-order valence-electron chi connectivity index (χ4n) is 3.37. The number of fused-ring (bicyclic) bond motifs is 1. The quantitative estimate of drug-likeness (QED) is 0.560. The molecule has 1 atom stereocenters. The Kier molecular flexibility index (Phi) is 5.34. The van der Waals surface area contributed by atoms with Crippen LogP contribution in [0.3, 0.4) is 0 Å². The van der Waals surface area contributed by atoms with Gasteiger partial charge in [-0.25, -0.2) is 0 Å². The van der Waals surface area contributed by atoms with Crippen LogP contribution < -0.4 is 10.6 Å². The van der Waals surface area contributed by atoms with Gasteiger partial charge < -0.3 is 5.32 Å². The molecule has 8 heteroatoms. The number of hydrogen-bond donors (Lipinski definition) is 2. The highest BCUT2D eigenvalue weighted by Crippen LogP contribution is 2.30. The number of nitrogens with zero attached hydrogens (tertiary/aromatic N) is 1. The lowest BCUT2D eigenvalue weighted by molar-refractivity contribution is -0.136. The Balaban J connectivity index is 1.83. The first-order chi connectivity index (χ1) is 12.9. The van der Waals surface area contributed by atoms with Crippen molar-refractivity contribution in [2.75, 3.05) is 6.54 Å². The van der Waals surface area contributed by atoms with E-state index in [1.165, 1.54) is 6.07 Å². The molecule has 1 saturated heterocycles. The standard InChI is InChI=1S/C19H21N3O5/c1-2-3-9-20-15(24)10-11-5-4-6-12-16(11)19(27)22(18(12)26)13-7-8-14(23)21-17(13)25/h4-6,13H,2-3,7-10H2,1H3,(H,20,24)(H,21,23,25). The van der Waals surface area contributed by atoms with E-state index in [1.54, 1.807) is 12.1 Å². The Labute approximate surface area is 156 Å². The number of amides is 5. The molecule has 5 amide bonds. The smallest absolute Gasteiger partial charge is 0.262 e. The second-order valence-electron chi connectivity index (χ2n) is 6.67. The van der Waals surface area contributed by atoms with Gasteiger partial charge in [0, 0.05) is 13.0 Å². The van der Waals surface area contributed by atoms with Crippen molar-refractivity contribution < 1.29 is 24.0 Å². The third kappa shape index (κ3) is 3.60. The largest absolute Gasteiger partial charge is 0.356 e. The normalized spacial score (nSPS) is 19.1. The van der Waals surface area contributed by atoms with E-state index in [1.807, 2.05) is 6.92 Å². The van der Waals surface area contributed by atoms with Gasteiger partial charge in [-0.1, -0.05) is 25.5 Å². The van der Waals surface area contributed by atoms with Crippen LogP contribution in [0, 0.1) is 0 Å². The Hall–Kier alpha value is -3.03. The summed E-state index contributed by atoms with van der Waals surface area (Å²) >= 11 is 0. The number of rotatable bonds is 6. The molecule has 2 N–H and O–H groups in total. The summed E-state index contributed by atoms with van der Waals surface area (Å²) in [4.78, 5) is 62.1.